The molecule has 1 rings (SSSR count). The van der Waals surface area contributed by atoms with Gasteiger partial charge in [-0.05, 0) is 12.8 Å². The lowest BCUT2D eigenvalue weighted by Crippen LogP contribution is -2.35. The average molecular weight is 217 g/mol. The number of hydrogen-bond donors (Lipinski definition) is 0. The Bertz CT molecular complexity index is 406. The fourth-order valence-corrected chi connectivity index (χ4v) is 1.67. The number of nitrogens with zero attached hydrogens (tertiary/aromatic N) is 4. The molecule has 0 aromatic carbocycles. The van der Waals surface area contributed by atoms with E-state index in [9.17, 15) is 0 Å². The Balaban J connectivity index is 2.46. The van der Waals surface area contributed by atoms with Crippen molar-refractivity contribution in [2.75, 3.05) is 0 Å². The first-order valence-electron chi connectivity index (χ1n) is 5.58. The molecule has 0 fully saturated rings. The summed E-state index contributed by atoms with van der Waals surface area (Å²) in [7, 11) is 0. The van der Waals surface area contributed by atoms with Crippen LogP contribution in [-0.2, 0) is 13.1 Å². The third-order valence-electron chi connectivity index (χ3n) is 2.66. The second-order valence-corrected chi connectivity index (χ2v) is 3.76. The summed E-state index contributed by atoms with van der Waals surface area (Å²) in [5.74, 6) is 1.17. The van der Waals surface area contributed by atoms with Crippen molar-refractivity contribution >= 4 is 0 Å². The van der Waals surface area contributed by atoms with E-state index in [1.165, 1.54) is 5.82 Å². The zero-order valence-corrected chi connectivity index (χ0v) is 9.69. The van der Waals surface area contributed by atoms with Crippen molar-refractivity contribution in [1.29, 1.82) is 10.5 Å². The fraction of sp³-hybridized carbons (Fsp3) is 0.583. The van der Waals surface area contributed by atoms with Gasteiger partial charge in [-0.25, -0.2) is 9.13 Å². The van der Waals surface area contributed by atoms with Crippen LogP contribution in [0.2, 0.25) is 0 Å². The number of aryl methyl sites for hydroxylation is 2. The number of imidazole rings is 1. The molecule has 0 radical (unpaired) electrons. The molecular weight excluding hydrogens is 200 g/mol. The van der Waals surface area contributed by atoms with E-state index in [2.05, 4.69) is 28.2 Å². The fourth-order valence-electron chi connectivity index (χ4n) is 1.67. The van der Waals surface area contributed by atoms with Crippen molar-refractivity contribution in [3.63, 3.8) is 0 Å². The second kappa shape index (κ2) is 6.63. The molecule has 0 saturated carbocycles. The molecule has 0 saturated heterocycles. The highest BCUT2D eigenvalue weighted by molar-refractivity contribution is 4.80. The summed E-state index contributed by atoms with van der Waals surface area (Å²) >= 11 is 0. The van der Waals surface area contributed by atoms with Crippen LogP contribution in [0.4, 0.5) is 0 Å². The Labute approximate surface area is 96.3 Å². The monoisotopic (exact) mass is 217 g/mol. The van der Waals surface area contributed by atoms with E-state index in [0.717, 1.165) is 25.9 Å². The number of unbranched alkanes of at least 4 members (excludes halogenated alkanes) is 2. The topological polar surface area (TPSA) is 56.4 Å². The molecule has 0 bridgehead atoms. The van der Waals surface area contributed by atoms with Gasteiger partial charge in [-0.15, -0.1) is 0 Å². The van der Waals surface area contributed by atoms with Gasteiger partial charge in [0.15, 0.2) is 0 Å². The molecule has 84 valence electrons. The van der Waals surface area contributed by atoms with Crippen LogP contribution in [0.1, 0.15) is 31.5 Å². The zero-order chi connectivity index (χ0) is 11.8. The van der Waals surface area contributed by atoms with E-state index in [-0.39, 0.29) is 0 Å². The summed E-state index contributed by atoms with van der Waals surface area (Å²) in [6.45, 7) is 3.77. The normalized spacial score (nSPS) is 9.69. The molecule has 0 aliphatic heterocycles. The van der Waals surface area contributed by atoms with E-state index in [0.29, 0.717) is 12.8 Å². The van der Waals surface area contributed by atoms with Gasteiger partial charge in [0.2, 0.25) is 0 Å². The summed E-state index contributed by atoms with van der Waals surface area (Å²) in [5, 5.41) is 17.0. The quantitative estimate of drug-likeness (QED) is 0.538. The molecule has 0 atom stereocenters. The molecule has 1 heterocycles. The first-order chi connectivity index (χ1) is 7.79. The van der Waals surface area contributed by atoms with E-state index < -0.39 is 0 Å². The van der Waals surface area contributed by atoms with Crippen LogP contribution in [0, 0.1) is 29.6 Å². The van der Waals surface area contributed by atoms with Crippen LogP contribution >= 0.6 is 0 Å². The molecule has 4 nitrogen and oxygen atoms in total. The van der Waals surface area contributed by atoms with Crippen molar-refractivity contribution in [3.05, 3.63) is 18.2 Å². The van der Waals surface area contributed by atoms with Crippen LogP contribution in [0.3, 0.4) is 0 Å². The summed E-state index contributed by atoms with van der Waals surface area (Å²) in [6.07, 6.45) is 7.21. The molecule has 0 amide bonds. The van der Waals surface area contributed by atoms with Crippen molar-refractivity contribution in [2.24, 2.45) is 0 Å². The van der Waals surface area contributed by atoms with Crippen molar-refractivity contribution in [1.82, 2.24) is 4.57 Å². The molecule has 0 spiro atoms. The third-order valence-corrected chi connectivity index (χ3v) is 2.66. The Morgan fingerprint density at radius 1 is 1.25 bits per heavy atom. The molecule has 0 N–H and O–H groups in total. The van der Waals surface area contributed by atoms with E-state index in [4.69, 9.17) is 10.5 Å². The lowest BCUT2D eigenvalue weighted by Gasteiger charge is -1.98. The maximum atomic E-state index is 8.52. The summed E-state index contributed by atoms with van der Waals surface area (Å²) < 4.78 is 4.27. The Kier molecular flexibility index (Phi) is 5.08. The highest BCUT2D eigenvalue weighted by Crippen LogP contribution is 2.01. The maximum Gasteiger partial charge on any atom is 0.253 e. The van der Waals surface area contributed by atoms with Gasteiger partial charge in [0.05, 0.1) is 25.1 Å². The SMILES string of the molecule is Cc1n(CCCCC#N)cc[n+]1CCC#N. The molecule has 16 heavy (non-hydrogen) atoms. The Hall–Kier alpha value is -1.81. The molecule has 1 aromatic heterocycles. The van der Waals surface area contributed by atoms with Crippen molar-refractivity contribution < 1.29 is 4.57 Å². The van der Waals surface area contributed by atoms with Gasteiger partial charge in [0.25, 0.3) is 5.82 Å². The number of aromatic nitrogens is 2. The number of rotatable bonds is 6. The minimum absolute atomic E-state index is 0.546. The minimum atomic E-state index is 0.546. The van der Waals surface area contributed by atoms with Gasteiger partial charge in [-0.3, -0.25) is 0 Å². The highest BCUT2D eigenvalue weighted by Gasteiger charge is 2.10. The van der Waals surface area contributed by atoms with Gasteiger partial charge in [-0.2, -0.15) is 10.5 Å². The minimum Gasteiger partial charge on any atom is -0.234 e. The lowest BCUT2D eigenvalue weighted by atomic mass is 10.2. The van der Waals surface area contributed by atoms with Gasteiger partial charge in [0, 0.05) is 13.3 Å². The zero-order valence-electron chi connectivity index (χ0n) is 9.69. The molecule has 0 aliphatic carbocycles. The highest BCUT2D eigenvalue weighted by atomic mass is 15.1. The van der Waals surface area contributed by atoms with Crippen molar-refractivity contribution in [3.8, 4) is 12.1 Å². The second-order valence-electron chi connectivity index (χ2n) is 3.76. The van der Waals surface area contributed by atoms with Gasteiger partial charge in [-0.1, -0.05) is 0 Å². The van der Waals surface area contributed by atoms with Crippen LogP contribution in [0.25, 0.3) is 0 Å². The summed E-state index contributed by atoms with van der Waals surface area (Å²) in [4.78, 5) is 0. The number of nitriles is 2. The predicted octanol–water partition coefficient (Wildman–Crippen LogP) is 1.69. The van der Waals surface area contributed by atoms with E-state index in [1.54, 1.807) is 0 Å². The van der Waals surface area contributed by atoms with E-state index in [1.807, 2.05) is 12.4 Å². The lowest BCUT2D eigenvalue weighted by molar-refractivity contribution is -0.701. The summed E-state index contributed by atoms with van der Waals surface area (Å²) in [6, 6.07) is 4.30. The molecule has 0 unspecified atom stereocenters. The molecule has 1 aromatic rings. The first-order valence-corrected chi connectivity index (χ1v) is 5.58. The molecular formula is C12H17N4+. The van der Waals surface area contributed by atoms with Gasteiger partial charge in [0.1, 0.15) is 18.9 Å². The Morgan fingerprint density at radius 3 is 2.69 bits per heavy atom. The number of hydrogen-bond acceptors (Lipinski definition) is 2. The van der Waals surface area contributed by atoms with Crippen LogP contribution < -0.4 is 4.57 Å². The standard InChI is InChI=1S/C12H17N4/c1-12-15(8-4-2-3-6-13)10-11-16(12)9-5-7-14/h10-11H,2-5,8-9H2,1H3/q+1. The largest absolute Gasteiger partial charge is 0.253 e. The summed E-state index contributed by atoms with van der Waals surface area (Å²) in [5.41, 5.74) is 0. The van der Waals surface area contributed by atoms with Crippen LogP contribution in [0.5, 0.6) is 0 Å². The average Bonchev–Trinajstić information content (AvgIpc) is 2.64. The molecule has 0 aliphatic rings. The maximum absolute atomic E-state index is 8.52. The van der Waals surface area contributed by atoms with Crippen LogP contribution in [0.15, 0.2) is 12.4 Å². The molecule has 4 heteroatoms. The predicted molar refractivity (Wildman–Crippen MR) is 59.1 cm³/mol. The van der Waals surface area contributed by atoms with E-state index >= 15 is 0 Å². The Morgan fingerprint density at radius 2 is 2.00 bits per heavy atom. The van der Waals surface area contributed by atoms with Crippen LogP contribution in [-0.4, -0.2) is 4.57 Å². The van der Waals surface area contributed by atoms with Crippen molar-refractivity contribution in [2.45, 2.75) is 45.7 Å². The first kappa shape index (κ1) is 12.3. The van der Waals surface area contributed by atoms with Gasteiger partial charge >= 0.3 is 0 Å². The third kappa shape index (κ3) is 3.40. The smallest absolute Gasteiger partial charge is 0.234 e. The van der Waals surface area contributed by atoms with Gasteiger partial charge < -0.3 is 0 Å².